The molecule has 0 spiro atoms. The van der Waals surface area contributed by atoms with Crippen molar-refractivity contribution < 1.29 is 14.3 Å². The molecule has 1 aromatic rings. The molecular weight excluding hydrogens is 332 g/mol. The van der Waals surface area contributed by atoms with Crippen molar-refractivity contribution in [2.24, 2.45) is 0 Å². The number of nitrogens with one attached hydrogen (secondary N) is 3. The number of anilines is 2. The first kappa shape index (κ1) is 20.0. The summed E-state index contributed by atoms with van der Waals surface area (Å²) in [5, 5.41) is 8.73. The molecule has 0 aliphatic heterocycles. The van der Waals surface area contributed by atoms with E-state index in [1.54, 1.807) is 40.8 Å². The van der Waals surface area contributed by atoms with Gasteiger partial charge in [-0.15, -0.1) is 0 Å². The van der Waals surface area contributed by atoms with Crippen molar-refractivity contribution in [2.75, 3.05) is 17.2 Å². The molecule has 0 bridgehead atoms. The van der Waals surface area contributed by atoms with Gasteiger partial charge in [-0.1, -0.05) is 0 Å². The summed E-state index contributed by atoms with van der Waals surface area (Å²) in [7, 11) is 0. The highest BCUT2D eigenvalue weighted by Crippen LogP contribution is 2.40. The summed E-state index contributed by atoms with van der Waals surface area (Å²) in [5.41, 5.74) is 0.717. The quantitative estimate of drug-likeness (QED) is 0.718. The Labute approximate surface area is 155 Å². The number of pyridine rings is 1. The fourth-order valence-corrected chi connectivity index (χ4v) is 2.40. The molecule has 2 rings (SSSR count). The molecule has 144 valence electrons. The molecule has 1 fully saturated rings. The van der Waals surface area contributed by atoms with Gasteiger partial charge in [0.2, 0.25) is 5.91 Å². The number of aromatic nitrogens is 1. The Bertz CT molecular complexity index is 676. The number of hydrogen-bond donors (Lipinski definition) is 3. The molecule has 1 aliphatic rings. The van der Waals surface area contributed by atoms with Crippen molar-refractivity contribution in [2.45, 2.75) is 71.4 Å². The Morgan fingerprint density at radius 3 is 2.38 bits per heavy atom. The van der Waals surface area contributed by atoms with E-state index in [2.05, 4.69) is 20.9 Å². The fourth-order valence-electron chi connectivity index (χ4n) is 2.40. The molecule has 7 nitrogen and oxygen atoms in total. The van der Waals surface area contributed by atoms with Gasteiger partial charge < -0.3 is 20.7 Å². The van der Waals surface area contributed by atoms with Gasteiger partial charge in [-0.25, -0.2) is 4.79 Å². The minimum absolute atomic E-state index is 0.344. The molecule has 26 heavy (non-hydrogen) atoms. The lowest BCUT2D eigenvalue weighted by Crippen LogP contribution is -2.53. The molecule has 1 aliphatic carbocycles. The van der Waals surface area contributed by atoms with Gasteiger partial charge in [0, 0.05) is 18.2 Å². The van der Waals surface area contributed by atoms with E-state index < -0.39 is 17.2 Å². The third kappa shape index (κ3) is 5.61. The van der Waals surface area contributed by atoms with E-state index in [1.165, 1.54) is 0 Å². The molecule has 2 amide bonds. The highest BCUT2D eigenvalue weighted by atomic mass is 16.6. The summed E-state index contributed by atoms with van der Waals surface area (Å²) in [4.78, 5) is 29.1. The number of hydrogen-bond acceptors (Lipinski definition) is 5. The van der Waals surface area contributed by atoms with Gasteiger partial charge in [-0.3, -0.25) is 9.78 Å². The fraction of sp³-hybridized carbons (Fsp3) is 0.632. The van der Waals surface area contributed by atoms with E-state index >= 15 is 0 Å². The van der Waals surface area contributed by atoms with Crippen LogP contribution < -0.4 is 16.0 Å². The lowest BCUT2D eigenvalue weighted by atomic mass is 10.0. The molecule has 0 atom stereocenters. The second-order valence-electron chi connectivity index (χ2n) is 8.17. The van der Waals surface area contributed by atoms with Crippen LogP contribution in [-0.4, -0.2) is 34.7 Å². The molecule has 3 N–H and O–H groups in total. The van der Waals surface area contributed by atoms with Crippen molar-refractivity contribution in [3.63, 3.8) is 0 Å². The number of carbonyl (C=O) groups excluding carboxylic acids is 2. The summed E-state index contributed by atoms with van der Waals surface area (Å²) in [6.07, 6.45) is 3.37. The van der Waals surface area contributed by atoms with Gasteiger partial charge in [0.15, 0.2) is 0 Å². The van der Waals surface area contributed by atoms with Crippen LogP contribution in [0.15, 0.2) is 12.3 Å². The van der Waals surface area contributed by atoms with Crippen LogP contribution in [0.2, 0.25) is 0 Å². The van der Waals surface area contributed by atoms with E-state index in [0.717, 1.165) is 30.8 Å². The van der Waals surface area contributed by atoms with Gasteiger partial charge in [0.1, 0.15) is 11.1 Å². The van der Waals surface area contributed by atoms with Gasteiger partial charge in [-0.05, 0) is 60.5 Å². The minimum atomic E-state index is -1.14. The standard InChI is InChI=1S/C19H30N4O3/c1-7-20-14-10-13(12-8-9-12)21-11-15(14)22-16(24)19(5,6)23-17(25)26-18(2,3)4/h10-12H,7-9H2,1-6H3,(H,20,21)(H,22,24)(H,23,25). The Hall–Kier alpha value is -2.31. The first-order valence-corrected chi connectivity index (χ1v) is 9.08. The average molecular weight is 362 g/mol. The summed E-state index contributed by atoms with van der Waals surface area (Å²) in [5.74, 6) is 0.186. The number of amides is 2. The van der Waals surface area contributed by atoms with E-state index in [-0.39, 0.29) is 5.91 Å². The number of rotatable bonds is 6. The number of carbonyl (C=O) groups is 2. The Balaban J connectivity index is 2.08. The minimum Gasteiger partial charge on any atom is -0.444 e. The van der Waals surface area contributed by atoms with Crippen LogP contribution in [0.5, 0.6) is 0 Å². The van der Waals surface area contributed by atoms with Gasteiger partial charge >= 0.3 is 6.09 Å². The maximum Gasteiger partial charge on any atom is 0.408 e. The van der Waals surface area contributed by atoms with Crippen molar-refractivity contribution >= 4 is 23.4 Å². The molecule has 1 heterocycles. The summed E-state index contributed by atoms with van der Waals surface area (Å²) >= 11 is 0. The molecule has 0 radical (unpaired) electrons. The zero-order valence-electron chi connectivity index (χ0n) is 16.5. The Morgan fingerprint density at radius 2 is 1.85 bits per heavy atom. The molecular formula is C19H30N4O3. The van der Waals surface area contributed by atoms with Crippen LogP contribution in [0.1, 0.15) is 66.0 Å². The number of alkyl carbamates (subject to hydrolysis) is 1. The topological polar surface area (TPSA) is 92.4 Å². The van der Waals surface area contributed by atoms with E-state index in [4.69, 9.17) is 4.74 Å². The lowest BCUT2D eigenvalue weighted by molar-refractivity contribution is -0.121. The van der Waals surface area contributed by atoms with Crippen LogP contribution in [0.4, 0.5) is 16.2 Å². The van der Waals surface area contributed by atoms with Crippen LogP contribution in [-0.2, 0) is 9.53 Å². The third-order valence-corrected chi connectivity index (χ3v) is 3.92. The van der Waals surface area contributed by atoms with E-state index in [0.29, 0.717) is 11.6 Å². The summed E-state index contributed by atoms with van der Waals surface area (Å²) in [6, 6.07) is 1.99. The highest BCUT2D eigenvalue weighted by Gasteiger charge is 2.32. The largest absolute Gasteiger partial charge is 0.444 e. The monoisotopic (exact) mass is 362 g/mol. The maximum absolute atomic E-state index is 12.7. The van der Waals surface area contributed by atoms with Gasteiger partial charge in [0.05, 0.1) is 17.6 Å². The van der Waals surface area contributed by atoms with Gasteiger partial charge in [0.25, 0.3) is 0 Å². The predicted octanol–water partition coefficient (Wildman–Crippen LogP) is 3.63. The zero-order valence-corrected chi connectivity index (χ0v) is 16.5. The first-order chi connectivity index (χ1) is 12.0. The van der Waals surface area contributed by atoms with Gasteiger partial charge in [-0.2, -0.15) is 0 Å². The molecule has 0 aromatic carbocycles. The second-order valence-corrected chi connectivity index (χ2v) is 8.17. The smallest absolute Gasteiger partial charge is 0.408 e. The Kier molecular flexibility index (Phi) is 5.78. The molecule has 0 unspecified atom stereocenters. The molecule has 7 heteroatoms. The van der Waals surface area contributed by atoms with Crippen LogP contribution in [0.25, 0.3) is 0 Å². The van der Waals surface area contributed by atoms with Crippen LogP contribution >= 0.6 is 0 Å². The number of ether oxygens (including phenoxy) is 1. The maximum atomic E-state index is 12.7. The summed E-state index contributed by atoms with van der Waals surface area (Å²) in [6.45, 7) is 11.3. The van der Waals surface area contributed by atoms with Crippen molar-refractivity contribution in [1.29, 1.82) is 0 Å². The zero-order chi connectivity index (χ0) is 19.5. The number of nitrogens with zero attached hydrogens (tertiary/aromatic N) is 1. The van der Waals surface area contributed by atoms with Crippen molar-refractivity contribution in [3.05, 3.63) is 18.0 Å². The Morgan fingerprint density at radius 1 is 1.19 bits per heavy atom. The average Bonchev–Trinajstić information content (AvgIpc) is 3.31. The van der Waals surface area contributed by atoms with E-state index in [9.17, 15) is 9.59 Å². The van der Waals surface area contributed by atoms with Crippen molar-refractivity contribution in [3.8, 4) is 0 Å². The molecule has 0 saturated heterocycles. The van der Waals surface area contributed by atoms with E-state index in [1.807, 2.05) is 13.0 Å². The second kappa shape index (κ2) is 7.51. The predicted molar refractivity (Wildman–Crippen MR) is 102 cm³/mol. The SMILES string of the molecule is CCNc1cc(C2CC2)ncc1NC(=O)C(C)(C)NC(=O)OC(C)(C)C. The first-order valence-electron chi connectivity index (χ1n) is 9.08. The third-order valence-electron chi connectivity index (χ3n) is 3.92. The van der Waals surface area contributed by atoms with Crippen LogP contribution in [0, 0.1) is 0 Å². The molecule has 1 saturated carbocycles. The lowest BCUT2D eigenvalue weighted by Gasteiger charge is -2.28. The normalized spacial score (nSPS) is 14.5. The molecule has 1 aromatic heterocycles. The summed E-state index contributed by atoms with van der Waals surface area (Å²) < 4.78 is 5.23. The van der Waals surface area contributed by atoms with Crippen molar-refractivity contribution in [1.82, 2.24) is 10.3 Å². The van der Waals surface area contributed by atoms with Crippen LogP contribution in [0.3, 0.4) is 0 Å². The highest BCUT2D eigenvalue weighted by molar-refractivity contribution is 6.01.